The zero-order valence-corrected chi connectivity index (χ0v) is 24.0. The number of fused-ring (bicyclic) bond motifs is 1. The third kappa shape index (κ3) is 6.43. The maximum absolute atomic E-state index is 13.6. The van der Waals surface area contributed by atoms with Crippen molar-refractivity contribution in [3.8, 4) is 11.1 Å². The van der Waals surface area contributed by atoms with Gasteiger partial charge in [0.2, 0.25) is 0 Å². The molecule has 0 fully saturated rings. The first-order valence-corrected chi connectivity index (χ1v) is 15.0. The summed E-state index contributed by atoms with van der Waals surface area (Å²) in [6.07, 6.45) is 2.79. The van der Waals surface area contributed by atoms with Crippen LogP contribution in [0.3, 0.4) is 0 Å². The molecule has 8 nitrogen and oxygen atoms in total. The Morgan fingerprint density at radius 1 is 0.902 bits per heavy atom. The molecule has 5 aromatic rings. The Labute approximate surface area is 246 Å². The second-order valence-electron chi connectivity index (χ2n) is 9.53. The van der Waals surface area contributed by atoms with Crippen LogP contribution in [0, 0.1) is 0 Å². The van der Waals surface area contributed by atoms with Gasteiger partial charge in [-0.2, -0.15) is 5.10 Å². The monoisotopic (exact) mass is 607 g/mol. The summed E-state index contributed by atoms with van der Waals surface area (Å²) in [5.41, 5.74) is 3.83. The molecular formula is C30H23Cl2N3O5S. The summed E-state index contributed by atoms with van der Waals surface area (Å²) in [4.78, 5) is 25.0. The number of hydrogen-bond donors (Lipinski definition) is 2. The average Bonchev–Trinajstić information content (AvgIpc) is 3.33. The number of aromatic carboxylic acids is 1. The number of carbonyl (C=O) groups is 2. The molecular weight excluding hydrogens is 585 g/mol. The summed E-state index contributed by atoms with van der Waals surface area (Å²) >= 11 is 12.4. The highest BCUT2D eigenvalue weighted by Gasteiger charge is 2.19. The van der Waals surface area contributed by atoms with Gasteiger partial charge in [0.15, 0.2) is 9.84 Å². The summed E-state index contributed by atoms with van der Waals surface area (Å²) in [6, 6.07) is 21.5. The molecule has 0 aliphatic carbocycles. The number of aromatic nitrogens is 2. The van der Waals surface area contributed by atoms with Crippen LogP contribution in [-0.4, -0.2) is 41.4 Å². The predicted molar refractivity (Wildman–Crippen MR) is 158 cm³/mol. The highest BCUT2D eigenvalue weighted by molar-refractivity contribution is 7.90. The van der Waals surface area contributed by atoms with Crippen LogP contribution in [0.2, 0.25) is 10.0 Å². The number of hydrogen-bond acceptors (Lipinski definition) is 5. The van der Waals surface area contributed by atoms with E-state index in [-0.39, 0.29) is 22.9 Å². The Balaban J connectivity index is 1.57. The lowest BCUT2D eigenvalue weighted by atomic mass is 9.99. The van der Waals surface area contributed by atoms with E-state index in [1.807, 2.05) is 6.07 Å². The van der Waals surface area contributed by atoms with Gasteiger partial charge in [0.1, 0.15) is 0 Å². The van der Waals surface area contributed by atoms with Crippen LogP contribution < -0.4 is 5.32 Å². The molecule has 0 aliphatic rings. The van der Waals surface area contributed by atoms with E-state index in [1.165, 1.54) is 18.2 Å². The molecule has 0 saturated heterocycles. The first kappa shape index (κ1) is 28.4. The lowest BCUT2D eigenvalue weighted by Gasteiger charge is -2.13. The number of nitrogens with one attached hydrogen (secondary N) is 1. The second kappa shape index (κ2) is 11.4. The van der Waals surface area contributed by atoms with E-state index >= 15 is 0 Å². The molecule has 0 atom stereocenters. The van der Waals surface area contributed by atoms with Gasteiger partial charge in [-0.05, 0) is 76.9 Å². The lowest BCUT2D eigenvalue weighted by molar-refractivity contribution is 0.0696. The Morgan fingerprint density at radius 2 is 1.61 bits per heavy atom. The largest absolute Gasteiger partial charge is 0.478 e. The fraction of sp³-hybridized carbons (Fsp3) is 0.100. The second-order valence-corrected chi connectivity index (χ2v) is 12.4. The average molecular weight is 609 g/mol. The molecule has 1 amide bonds. The van der Waals surface area contributed by atoms with Crippen LogP contribution in [-0.2, 0) is 22.9 Å². The number of benzene rings is 4. The molecule has 0 saturated carbocycles. The Morgan fingerprint density at radius 3 is 2.27 bits per heavy atom. The molecule has 11 heteroatoms. The zero-order valence-electron chi connectivity index (χ0n) is 21.6. The minimum atomic E-state index is -3.44. The normalized spacial score (nSPS) is 11.5. The van der Waals surface area contributed by atoms with Crippen molar-refractivity contribution in [2.45, 2.75) is 18.0 Å². The van der Waals surface area contributed by atoms with E-state index < -0.39 is 15.8 Å². The van der Waals surface area contributed by atoms with Crippen molar-refractivity contribution in [3.63, 3.8) is 0 Å². The molecule has 41 heavy (non-hydrogen) atoms. The third-order valence-electron chi connectivity index (χ3n) is 6.48. The van der Waals surface area contributed by atoms with E-state index in [0.717, 1.165) is 17.4 Å². The van der Waals surface area contributed by atoms with Crippen molar-refractivity contribution in [1.82, 2.24) is 15.1 Å². The zero-order chi connectivity index (χ0) is 29.3. The number of sulfone groups is 1. The molecule has 0 aliphatic heterocycles. The Kier molecular flexibility index (Phi) is 7.86. The molecule has 208 valence electrons. The number of carboxylic acids is 1. The summed E-state index contributed by atoms with van der Waals surface area (Å²) in [5, 5.41) is 18.2. The number of rotatable bonds is 8. The standard InChI is InChI=1S/C30H23Cl2N3O5S/c1-41(39,40)26-4-2-3-21(12-26)22-11-23-16-34-35(17-19-9-24(31)14-25(32)10-19)28(23)27(13-22)29(36)33-15-18-5-7-20(8-6-18)30(37)38/h2-14,16H,15,17H2,1H3,(H,33,36)(H,37,38). The summed E-state index contributed by atoms with van der Waals surface area (Å²) in [7, 11) is -3.44. The van der Waals surface area contributed by atoms with Crippen LogP contribution in [0.15, 0.2) is 90.0 Å². The van der Waals surface area contributed by atoms with Crippen molar-refractivity contribution in [1.29, 1.82) is 0 Å². The molecule has 2 N–H and O–H groups in total. The molecule has 5 rings (SSSR count). The topological polar surface area (TPSA) is 118 Å². The minimum Gasteiger partial charge on any atom is -0.478 e. The molecule has 0 spiro atoms. The Hall–Kier alpha value is -4.18. The maximum Gasteiger partial charge on any atom is 0.335 e. The number of amides is 1. The van der Waals surface area contributed by atoms with Crippen LogP contribution >= 0.6 is 23.2 Å². The molecule has 1 aromatic heterocycles. The van der Waals surface area contributed by atoms with Crippen LogP contribution in [0.5, 0.6) is 0 Å². The van der Waals surface area contributed by atoms with Gasteiger partial charge in [-0.15, -0.1) is 0 Å². The van der Waals surface area contributed by atoms with Crippen molar-refractivity contribution >= 4 is 55.8 Å². The van der Waals surface area contributed by atoms with Gasteiger partial charge in [-0.1, -0.05) is 47.5 Å². The maximum atomic E-state index is 13.6. The number of carbonyl (C=O) groups excluding carboxylic acids is 1. The van der Waals surface area contributed by atoms with Crippen molar-refractivity contribution in [2.75, 3.05) is 6.26 Å². The fourth-order valence-electron chi connectivity index (χ4n) is 4.52. The van der Waals surface area contributed by atoms with E-state index in [9.17, 15) is 18.0 Å². The van der Waals surface area contributed by atoms with Crippen LogP contribution in [0.25, 0.3) is 22.0 Å². The SMILES string of the molecule is CS(=O)(=O)c1cccc(-c2cc(C(=O)NCc3ccc(C(=O)O)cc3)c3c(cnn3Cc3cc(Cl)cc(Cl)c3)c2)c1. The Bertz CT molecular complexity index is 1900. The molecule has 0 bridgehead atoms. The van der Waals surface area contributed by atoms with Crippen molar-refractivity contribution in [3.05, 3.63) is 117 Å². The van der Waals surface area contributed by atoms with Crippen LogP contribution in [0.4, 0.5) is 0 Å². The van der Waals surface area contributed by atoms with Gasteiger partial charge < -0.3 is 10.4 Å². The summed E-state index contributed by atoms with van der Waals surface area (Å²) in [6.45, 7) is 0.454. The highest BCUT2D eigenvalue weighted by atomic mass is 35.5. The smallest absolute Gasteiger partial charge is 0.335 e. The van der Waals surface area contributed by atoms with E-state index in [2.05, 4.69) is 10.4 Å². The predicted octanol–water partition coefficient (Wildman–Crippen LogP) is 6.09. The van der Waals surface area contributed by atoms with E-state index in [1.54, 1.807) is 65.5 Å². The van der Waals surface area contributed by atoms with Gasteiger partial charge in [-0.25, -0.2) is 13.2 Å². The highest BCUT2D eigenvalue weighted by Crippen LogP contribution is 2.30. The quantitative estimate of drug-likeness (QED) is 0.220. The molecule has 1 heterocycles. The van der Waals surface area contributed by atoms with Crippen molar-refractivity contribution in [2.24, 2.45) is 0 Å². The van der Waals surface area contributed by atoms with Crippen LogP contribution in [0.1, 0.15) is 31.8 Å². The van der Waals surface area contributed by atoms with Gasteiger partial charge in [0, 0.05) is 28.2 Å². The number of nitrogens with zero attached hydrogens (tertiary/aromatic N) is 2. The van der Waals surface area contributed by atoms with Gasteiger partial charge in [0.25, 0.3) is 5.91 Å². The number of carboxylic acid groups (broad SMARTS) is 1. The molecule has 0 unspecified atom stereocenters. The first-order valence-electron chi connectivity index (χ1n) is 12.3. The third-order valence-corrected chi connectivity index (χ3v) is 8.03. The van der Waals surface area contributed by atoms with E-state index in [4.69, 9.17) is 28.3 Å². The first-order chi connectivity index (χ1) is 19.5. The fourth-order valence-corrected chi connectivity index (χ4v) is 5.75. The van der Waals surface area contributed by atoms with Gasteiger partial charge in [0.05, 0.1) is 34.3 Å². The van der Waals surface area contributed by atoms with Gasteiger partial charge in [-0.3, -0.25) is 9.48 Å². The summed E-state index contributed by atoms with van der Waals surface area (Å²) < 4.78 is 26.0. The van der Waals surface area contributed by atoms with Gasteiger partial charge >= 0.3 is 5.97 Å². The van der Waals surface area contributed by atoms with E-state index in [0.29, 0.717) is 44.2 Å². The minimum absolute atomic E-state index is 0.149. The summed E-state index contributed by atoms with van der Waals surface area (Å²) in [5.74, 6) is -1.42. The lowest BCUT2D eigenvalue weighted by Crippen LogP contribution is -2.24. The van der Waals surface area contributed by atoms with Crippen molar-refractivity contribution < 1.29 is 23.1 Å². The molecule has 4 aromatic carbocycles. The molecule has 0 radical (unpaired) electrons. The number of halogens is 2.